The predicted molar refractivity (Wildman–Crippen MR) is 76.6 cm³/mol. The van der Waals surface area contributed by atoms with E-state index in [0.29, 0.717) is 5.75 Å². The maximum absolute atomic E-state index is 12.3. The van der Waals surface area contributed by atoms with Crippen LogP contribution >= 0.6 is 0 Å². The number of rotatable bonds is 5. The molecule has 0 saturated carbocycles. The van der Waals surface area contributed by atoms with E-state index < -0.39 is 10.8 Å². The van der Waals surface area contributed by atoms with Gasteiger partial charge in [-0.05, 0) is 36.7 Å². The van der Waals surface area contributed by atoms with Crippen molar-refractivity contribution in [1.29, 1.82) is 0 Å². The van der Waals surface area contributed by atoms with Gasteiger partial charge in [0.15, 0.2) is 0 Å². The molecule has 1 aromatic carbocycles. The van der Waals surface area contributed by atoms with Gasteiger partial charge in [0, 0.05) is 16.7 Å². The minimum absolute atomic E-state index is 0.0941. The van der Waals surface area contributed by atoms with Gasteiger partial charge in [0.2, 0.25) is 0 Å². The smallest absolute Gasteiger partial charge is 0.118 e. The van der Waals surface area contributed by atoms with E-state index in [2.05, 4.69) is 26.1 Å². The molecule has 3 nitrogen and oxygen atoms in total. The van der Waals surface area contributed by atoms with Crippen LogP contribution < -0.4 is 10.1 Å². The zero-order chi connectivity index (χ0) is 13.8. The molecule has 0 spiro atoms. The minimum atomic E-state index is -0.988. The van der Waals surface area contributed by atoms with Crippen molar-refractivity contribution >= 4 is 10.8 Å². The summed E-state index contributed by atoms with van der Waals surface area (Å²) in [5.41, 5.74) is 0.0941. The van der Waals surface area contributed by atoms with Crippen LogP contribution in [-0.4, -0.2) is 30.2 Å². The fourth-order valence-electron chi connectivity index (χ4n) is 1.74. The summed E-state index contributed by atoms with van der Waals surface area (Å²) in [6.07, 6.45) is 0. The van der Waals surface area contributed by atoms with E-state index >= 15 is 0 Å². The quantitative estimate of drug-likeness (QED) is 0.892. The van der Waals surface area contributed by atoms with E-state index in [1.165, 1.54) is 0 Å². The van der Waals surface area contributed by atoms with Gasteiger partial charge >= 0.3 is 0 Å². The second-order valence-electron chi connectivity index (χ2n) is 5.40. The number of benzene rings is 1. The monoisotopic (exact) mass is 269 g/mol. The molecule has 0 aliphatic rings. The summed E-state index contributed by atoms with van der Waals surface area (Å²) in [5, 5.41) is 3.25. The summed E-state index contributed by atoms with van der Waals surface area (Å²) >= 11 is 0. The van der Waals surface area contributed by atoms with Crippen LogP contribution in [0.4, 0.5) is 0 Å². The van der Waals surface area contributed by atoms with Crippen LogP contribution in [0.3, 0.4) is 0 Å². The zero-order valence-corrected chi connectivity index (χ0v) is 12.6. The Morgan fingerprint density at radius 2 is 1.83 bits per heavy atom. The molecule has 0 amide bonds. The van der Waals surface area contributed by atoms with Crippen molar-refractivity contribution in [2.24, 2.45) is 5.41 Å². The maximum Gasteiger partial charge on any atom is 0.118 e. The topological polar surface area (TPSA) is 38.3 Å². The fraction of sp³-hybridized carbons (Fsp3) is 0.571. The maximum atomic E-state index is 12.3. The summed E-state index contributed by atoms with van der Waals surface area (Å²) in [6.45, 7) is 6.46. The third kappa shape index (κ3) is 4.10. The van der Waals surface area contributed by atoms with E-state index in [-0.39, 0.29) is 11.5 Å². The summed E-state index contributed by atoms with van der Waals surface area (Å²) in [6, 6.07) is 7.65. The molecule has 4 heteroatoms. The Morgan fingerprint density at radius 3 is 2.22 bits per heavy atom. The Balaban J connectivity index is 2.75. The van der Waals surface area contributed by atoms with Crippen LogP contribution in [-0.2, 0) is 10.8 Å². The Kier molecular flexibility index (Phi) is 5.35. The van der Waals surface area contributed by atoms with Gasteiger partial charge in [0.1, 0.15) is 5.75 Å². The van der Waals surface area contributed by atoms with Crippen molar-refractivity contribution in [2.45, 2.75) is 31.7 Å². The van der Waals surface area contributed by atoms with Crippen LogP contribution in [0.1, 0.15) is 20.8 Å². The molecule has 0 aliphatic heterocycles. The van der Waals surface area contributed by atoms with Gasteiger partial charge in [-0.2, -0.15) is 0 Å². The molecule has 18 heavy (non-hydrogen) atoms. The largest absolute Gasteiger partial charge is 0.497 e. The van der Waals surface area contributed by atoms with Crippen molar-refractivity contribution in [3.63, 3.8) is 0 Å². The lowest BCUT2D eigenvalue weighted by molar-refractivity contribution is 0.304. The molecule has 0 aromatic heterocycles. The lowest BCUT2D eigenvalue weighted by Gasteiger charge is -2.30. The van der Waals surface area contributed by atoms with Gasteiger partial charge in [-0.25, -0.2) is 0 Å². The number of methoxy groups -OCH3 is 1. The van der Waals surface area contributed by atoms with E-state index in [9.17, 15) is 4.21 Å². The van der Waals surface area contributed by atoms with E-state index in [1.807, 2.05) is 31.3 Å². The third-order valence-corrected chi connectivity index (χ3v) is 4.47. The second kappa shape index (κ2) is 6.34. The van der Waals surface area contributed by atoms with Gasteiger partial charge in [0.25, 0.3) is 0 Å². The van der Waals surface area contributed by atoms with E-state index in [4.69, 9.17) is 4.74 Å². The van der Waals surface area contributed by atoms with Gasteiger partial charge in [0.05, 0.1) is 17.9 Å². The van der Waals surface area contributed by atoms with Crippen molar-refractivity contribution in [3.05, 3.63) is 24.3 Å². The van der Waals surface area contributed by atoms with Gasteiger partial charge in [-0.1, -0.05) is 20.8 Å². The number of nitrogens with one attached hydrogen (secondary N) is 1. The second-order valence-corrected chi connectivity index (χ2v) is 6.89. The first-order chi connectivity index (χ1) is 8.38. The molecule has 0 heterocycles. The first-order valence-corrected chi connectivity index (χ1v) is 7.40. The molecular formula is C14H23NO2S. The first-order valence-electron chi connectivity index (χ1n) is 6.08. The van der Waals surface area contributed by atoms with Gasteiger partial charge in [-0.3, -0.25) is 4.21 Å². The fourth-order valence-corrected chi connectivity index (χ4v) is 3.34. The normalized spacial score (nSPS) is 15.2. The number of hydrogen-bond donors (Lipinski definition) is 1. The lowest BCUT2D eigenvalue weighted by Crippen LogP contribution is -2.42. The average Bonchev–Trinajstić information content (AvgIpc) is 2.34. The van der Waals surface area contributed by atoms with Crippen molar-refractivity contribution in [3.8, 4) is 5.75 Å². The summed E-state index contributed by atoms with van der Waals surface area (Å²) in [5.74, 6) is 1.41. The molecule has 0 aliphatic carbocycles. The van der Waals surface area contributed by atoms with Crippen LogP contribution in [0.25, 0.3) is 0 Å². The van der Waals surface area contributed by atoms with Gasteiger partial charge < -0.3 is 10.1 Å². The summed E-state index contributed by atoms with van der Waals surface area (Å²) < 4.78 is 17.4. The summed E-state index contributed by atoms with van der Waals surface area (Å²) in [4.78, 5) is 0.848. The molecule has 0 radical (unpaired) electrons. The molecule has 2 atom stereocenters. The molecule has 2 unspecified atom stereocenters. The molecule has 1 N–H and O–H groups in total. The highest BCUT2D eigenvalue weighted by molar-refractivity contribution is 7.85. The molecule has 0 bridgehead atoms. The molecule has 1 aromatic rings. The standard InChI is InChI=1S/C14H23NO2S/c1-14(2,3)13(15-4)10-18(16)12-8-6-11(17-5)7-9-12/h6-9,13,15H,10H2,1-5H3. The molecule has 0 saturated heterocycles. The Morgan fingerprint density at radius 1 is 1.28 bits per heavy atom. The van der Waals surface area contributed by atoms with Crippen molar-refractivity contribution < 1.29 is 8.95 Å². The molecule has 0 fully saturated rings. The highest BCUT2D eigenvalue weighted by Crippen LogP contribution is 2.22. The average molecular weight is 269 g/mol. The van der Waals surface area contributed by atoms with Gasteiger partial charge in [-0.15, -0.1) is 0 Å². The minimum Gasteiger partial charge on any atom is -0.497 e. The highest BCUT2D eigenvalue weighted by atomic mass is 32.2. The predicted octanol–water partition coefficient (Wildman–Crippen LogP) is 2.44. The Labute approximate surface area is 112 Å². The Bertz CT molecular complexity index is 395. The molecule has 102 valence electrons. The van der Waals surface area contributed by atoms with Crippen LogP contribution in [0, 0.1) is 5.41 Å². The zero-order valence-electron chi connectivity index (χ0n) is 11.8. The first kappa shape index (κ1) is 15.2. The van der Waals surface area contributed by atoms with E-state index in [0.717, 1.165) is 10.6 Å². The Hall–Kier alpha value is -0.870. The van der Waals surface area contributed by atoms with Crippen molar-refractivity contribution in [1.82, 2.24) is 5.32 Å². The van der Waals surface area contributed by atoms with E-state index in [1.54, 1.807) is 7.11 Å². The van der Waals surface area contributed by atoms with Crippen LogP contribution in [0.2, 0.25) is 0 Å². The third-order valence-electron chi connectivity index (χ3n) is 3.03. The number of ether oxygens (including phenoxy) is 1. The lowest BCUT2D eigenvalue weighted by atomic mass is 9.88. The number of hydrogen-bond acceptors (Lipinski definition) is 3. The molecule has 1 rings (SSSR count). The van der Waals surface area contributed by atoms with Crippen molar-refractivity contribution in [2.75, 3.05) is 19.9 Å². The SMILES string of the molecule is CNC(CS(=O)c1ccc(OC)cc1)C(C)(C)C. The van der Waals surface area contributed by atoms with Crippen LogP contribution in [0.5, 0.6) is 5.75 Å². The molecular weight excluding hydrogens is 246 g/mol. The highest BCUT2D eigenvalue weighted by Gasteiger charge is 2.25. The van der Waals surface area contributed by atoms with Crippen LogP contribution in [0.15, 0.2) is 29.2 Å². The summed E-state index contributed by atoms with van der Waals surface area (Å²) in [7, 11) is 2.56.